The highest BCUT2D eigenvalue weighted by molar-refractivity contribution is 6.30. The third-order valence-corrected chi connectivity index (χ3v) is 4.78. The van der Waals surface area contributed by atoms with Gasteiger partial charge in [0, 0.05) is 39.8 Å². The lowest BCUT2D eigenvalue weighted by Crippen LogP contribution is -2.41. The lowest BCUT2D eigenvalue weighted by molar-refractivity contribution is 0.247. The molecule has 3 N–H and O–H groups in total. The fourth-order valence-electron chi connectivity index (χ4n) is 3.39. The number of aryl methyl sites for hydroxylation is 1. The molecule has 1 unspecified atom stereocenters. The van der Waals surface area contributed by atoms with Gasteiger partial charge in [-0.3, -0.25) is 0 Å². The van der Waals surface area contributed by atoms with Gasteiger partial charge in [-0.1, -0.05) is 29.8 Å². The molecular formula is C19H18ClN3O. The van der Waals surface area contributed by atoms with Crippen molar-refractivity contribution < 1.29 is 4.79 Å². The lowest BCUT2D eigenvalue weighted by Gasteiger charge is -2.23. The summed E-state index contributed by atoms with van der Waals surface area (Å²) in [6, 6.07) is 15.4. The van der Waals surface area contributed by atoms with Crippen molar-refractivity contribution in [1.82, 2.24) is 10.3 Å². The van der Waals surface area contributed by atoms with Crippen molar-refractivity contribution in [2.45, 2.75) is 25.3 Å². The van der Waals surface area contributed by atoms with Crippen LogP contribution in [0.25, 0.3) is 10.9 Å². The Bertz CT molecular complexity index is 885. The van der Waals surface area contributed by atoms with Crippen LogP contribution < -0.4 is 10.6 Å². The molecule has 1 aromatic heterocycles. The van der Waals surface area contributed by atoms with Crippen LogP contribution in [0.3, 0.4) is 0 Å². The molecule has 1 heterocycles. The smallest absolute Gasteiger partial charge is 0.319 e. The molecule has 5 heteroatoms. The Morgan fingerprint density at radius 2 is 1.92 bits per heavy atom. The fraction of sp³-hybridized carbons (Fsp3) is 0.211. The number of aromatic nitrogens is 1. The van der Waals surface area contributed by atoms with E-state index in [-0.39, 0.29) is 12.1 Å². The van der Waals surface area contributed by atoms with Crippen molar-refractivity contribution in [3.63, 3.8) is 0 Å². The average Bonchev–Trinajstić information content (AvgIpc) is 2.94. The van der Waals surface area contributed by atoms with Gasteiger partial charge >= 0.3 is 6.03 Å². The maximum Gasteiger partial charge on any atom is 0.319 e. The maximum absolute atomic E-state index is 12.2. The molecule has 1 aliphatic carbocycles. The topological polar surface area (TPSA) is 56.9 Å². The monoisotopic (exact) mass is 339 g/mol. The number of fused-ring (bicyclic) bond motifs is 3. The van der Waals surface area contributed by atoms with Gasteiger partial charge in [-0.05, 0) is 48.7 Å². The quantitative estimate of drug-likeness (QED) is 0.632. The van der Waals surface area contributed by atoms with Crippen LogP contribution in [0, 0.1) is 0 Å². The van der Waals surface area contributed by atoms with Crippen molar-refractivity contribution in [2.24, 2.45) is 0 Å². The molecule has 2 amide bonds. The van der Waals surface area contributed by atoms with Gasteiger partial charge in [-0.2, -0.15) is 0 Å². The van der Waals surface area contributed by atoms with Crippen LogP contribution in [0.15, 0.2) is 48.5 Å². The third kappa shape index (κ3) is 2.97. The summed E-state index contributed by atoms with van der Waals surface area (Å²) in [6.45, 7) is 0. The largest absolute Gasteiger partial charge is 0.358 e. The normalized spacial score (nSPS) is 16.6. The molecule has 122 valence electrons. The predicted molar refractivity (Wildman–Crippen MR) is 97.7 cm³/mol. The Morgan fingerprint density at radius 1 is 1.12 bits per heavy atom. The van der Waals surface area contributed by atoms with Gasteiger partial charge in [0.05, 0.1) is 0 Å². The number of amides is 2. The lowest BCUT2D eigenvalue weighted by atomic mass is 9.92. The Morgan fingerprint density at radius 3 is 2.75 bits per heavy atom. The van der Waals surface area contributed by atoms with Crippen molar-refractivity contribution >= 4 is 34.2 Å². The highest BCUT2D eigenvalue weighted by Gasteiger charge is 2.23. The summed E-state index contributed by atoms with van der Waals surface area (Å²) in [4.78, 5) is 15.7. The number of H-pyrrole nitrogens is 1. The number of hydrogen-bond donors (Lipinski definition) is 3. The van der Waals surface area contributed by atoms with Crippen molar-refractivity contribution in [1.29, 1.82) is 0 Å². The zero-order valence-electron chi connectivity index (χ0n) is 13.1. The Hall–Kier alpha value is -2.46. The van der Waals surface area contributed by atoms with Gasteiger partial charge < -0.3 is 15.6 Å². The molecule has 0 saturated carbocycles. The van der Waals surface area contributed by atoms with Crippen molar-refractivity contribution in [2.75, 3.05) is 5.32 Å². The Labute approximate surface area is 145 Å². The molecule has 0 radical (unpaired) electrons. The van der Waals surface area contributed by atoms with E-state index in [0.29, 0.717) is 5.02 Å². The summed E-state index contributed by atoms with van der Waals surface area (Å²) in [5, 5.41) is 7.87. The molecule has 4 nitrogen and oxygen atoms in total. The second-order valence-corrected chi connectivity index (χ2v) is 6.61. The van der Waals surface area contributed by atoms with Gasteiger partial charge in [0.2, 0.25) is 0 Å². The van der Waals surface area contributed by atoms with E-state index in [2.05, 4.69) is 33.8 Å². The number of anilines is 1. The van der Waals surface area contributed by atoms with Crippen molar-refractivity contribution in [3.05, 3.63) is 64.8 Å². The van der Waals surface area contributed by atoms with Gasteiger partial charge in [-0.15, -0.1) is 0 Å². The number of hydrogen-bond acceptors (Lipinski definition) is 1. The molecule has 0 spiro atoms. The van der Waals surface area contributed by atoms with E-state index in [1.54, 1.807) is 24.3 Å². The zero-order valence-corrected chi connectivity index (χ0v) is 13.9. The second kappa shape index (κ2) is 6.21. The van der Waals surface area contributed by atoms with Crippen LogP contribution in [-0.2, 0) is 12.8 Å². The molecule has 3 aromatic rings. The number of halogens is 1. The van der Waals surface area contributed by atoms with Gasteiger partial charge in [-0.25, -0.2) is 4.79 Å². The van der Waals surface area contributed by atoms with Gasteiger partial charge in [0.1, 0.15) is 0 Å². The first kappa shape index (κ1) is 15.1. The van der Waals surface area contributed by atoms with Crippen LogP contribution >= 0.6 is 11.6 Å². The third-order valence-electron chi connectivity index (χ3n) is 4.53. The van der Waals surface area contributed by atoms with Crippen LogP contribution in [0.2, 0.25) is 5.02 Å². The first-order valence-corrected chi connectivity index (χ1v) is 8.48. The van der Waals surface area contributed by atoms with Crippen LogP contribution in [-0.4, -0.2) is 17.1 Å². The number of urea groups is 1. The number of carbonyl (C=O) groups is 1. The number of rotatable bonds is 2. The molecule has 0 bridgehead atoms. The predicted octanol–water partition coefficient (Wildman–Crippen LogP) is 4.50. The summed E-state index contributed by atoms with van der Waals surface area (Å²) in [5.74, 6) is 0. The molecule has 4 rings (SSSR count). The molecule has 1 aliphatic rings. The number of benzene rings is 2. The van der Waals surface area contributed by atoms with E-state index < -0.39 is 0 Å². The maximum atomic E-state index is 12.2. The molecular weight excluding hydrogens is 322 g/mol. The highest BCUT2D eigenvalue weighted by Crippen LogP contribution is 2.29. The van der Waals surface area contributed by atoms with Crippen LogP contribution in [0.5, 0.6) is 0 Å². The Balaban J connectivity index is 1.43. The standard InChI is InChI=1S/C19H18ClN3O/c20-12-5-7-13(8-6-12)21-19(24)22-14-9-10-16-15-3-1-2-4-17(15)23-18(16)11-14/h1-8,14,23H,9-11H2,(H2,21,22,24). The van der Waals surface area contributed by atoms with E-state index in [1.807, 2.05) is 6.07 Å². The van der Waals surface area contributed by atoms with Gasteiger partial charge in [0.15, 0.2) is 0 Å². The van der Waals surface area contributed by atoms with E-state index in [9.17, 15) is 4.79 Å². The summed E-state index contributed by atoms with van der Waals surface area (Å²) < 4.78 is 0. The minimum Gasteiger partial charge on any atom is -0.358 e. The summed E-state index contributed by atoms with van der Waals surface area (Å²) >= 11 is 5.85. The zero-order chi connectivity index (χ0) is 16.5. The summed E-state index contributed by atoms with van der Waals surface area (Å²) in [7, 11) is 0. The Kier molecular flexibility index (Phi) is 3.90. The first-order valence-electron chi connectivity index (χ1n) is 8.10. The minimum atomic E-state index is -0.179. The van der Waals surface area contributed by atoms with E-state index in [0.717, 1.165) is 24.9 Å². The summed E-state index contributed by atoms with van der Waals surface area (Å²) in [6.07, 6.45) is 2.76. The minimum absolute atomic E-state index is 0.137. The number of para-hydroxylation sites is 1. The molecule has 1 atom stereocenters. The molecule has 0 saturated heterocycles. The average molecular weight is 340 g/mol. The second-order valence-electron chi connectivity index (χ2n) is 6.17. The first-order chi connectivity index (χ1) is 11.7. The highest BCUT2D eigenvalue weighted by atomic mass is 35.5. The number of aromatic amines is 1. The van der Waals surface area contributed by atoms with Crippen molar-refractivity contribution in [3.8, 4) is 0 Å². The summed E-state index contributed by atoms with van der Waals surface area (Å²) in [5.41, 5.74) is 4.54. The molecule has 0 fully saturated rings. The van der Waals surface area contributed by atoms with Gasteiger partial charge in [0.25, 0.3) is 0 Å². The van der Waals surface area contributed by atoms with Crippen LogP contribution in [0.1, 0.15) is 17.7 Å². The SMILES string of the molecule is O=C(Nc1ccc(Cl)cc1)NC1CCc2c([nH]c3ccccc23)C1. The molecule has 24 heavy (non-hydrogen) atoms. The molecule has 2 aromatic carbocycles. The number of nitrogens with one attached hydrogen (secondary N) is 3. The van der Waals surface area contributed by atoms with E-state index >= 15 is 0 Å². The number of carbonyl (C=O) groups excluding carboxylic acids is 1. The van der Waals surface area contributed by atoms with E-state index in [4.69, 9.17) is 11.6 Å². The van der Waals surface area contributed by atoms with E-state index in [1.165, 1.54) is 22.2 Å². The van der Waals surface area contributed by atoms with Crippen LogP contribution in [0.4, 0.5) is 10.5 Å². The fourth-order valence-corrected chi connectivity index (χ4v) is 3.52. The molecule has 0 aliphatic heterocycles.